The molecular weight excluding hydrogens is 382 g/mol. The van der Waals surface area contributed by atoms with Crippen molar-refractivity contribution in [3.8, 4) is 5.75 Å². The second kappa shape index (κ2) is 10.0. The Bertz CT molecular complexity index is 934. The van der Waals surface area contributed by atoms with E-state index in [1.165, 1.54) is 12.1 Å². The maximum atomic E-state index is 12.4. The van der Waals surface area contributed by atoms with Gasteiger partial charge in [0.15, 0.2) is 0 Å². The number of hydrogen-bond acceptors (Lipinski definition) is 5. The van der Waals surface area contributed by atoms with Crippen molar-refractivity contribution in [3.63, 3.8) is 0 Å². The van der Waals surface area contributed by atoms with E-state index in [2.05, 4.69) is 22.2 Å². The number of para-hydroxylation sites is 1. The molecule has 0 atom stereocenters. The van der Waals surface area contributed by atoms with E-state index in [-0.39, 0.29) is 11.3 Å². The van der Waals surface area contributed by atoms with E-state index >= 15 is 0 Å². The molecule has 0 spiro atoms. The highest BCUT2D eigenvalue weighted by Gasteiger charge is 2.17. The third-order valence-electron chi connectivity index (χ3n) is 5.20. The zero-order valence-corrected chi connectivity index (χ0v) is 17.3. The number of anilines is 1. The average Bonchev–Trinajstić information content (AvgIpc) is 2.74. The molecule has 0 aromatic heterocycles. The highest BCUT2D eigenvalue weighted by atomic mass is 16.5. The van der Waals surface area contributed by atoms with Gasteiger partial charge < -0.3 is 20.1 Å². The fraction of sp³-hybridized carbons (Fsp3) is 0.304. The van der Waals surface area contributed by atoms with Crippen molar-refractivity contribution in [2.75, 3.05) is 45.7 Å². The van der Waals surface area contributed by atoms with Gasteiger partial charge in [0.1, 0.15) is 5.75 Å². The number of carbonyl (C=O) groups excluding carboxylic acids is 1. The number of likely N-dealkylation sites (N-methyl/N-ethyl adjacent to an activating group) is 1. The summed E-state index contributed by atoms with van der Waals surface area (Å²) in [5, 5.41) is 11.9. The third-order valence-corrected chi connectivity index (χ3v) is 5.20. The molecule has 0 bridgehead atoms. The standard InChI is InChI=1S/C23H27N3O4/c1-25-12-14-26(15-13-25)16-19-17(6-5-9-21(19)30-2)10-11-22(27)24-20-8-4-3-7-18(20)23(28)29/h3-11H,12-16H2,1-2H3,(H,24,27)(H,28,29)/b11-10+. The van der Waals surface area contributed by atoms with Crippen LogP contribution in [0.25, 0.3) is 6.08 Å². The molecule has 1 saturated heterocycles. The molecule has 7 nitrogen and oxygen atoms in total. The van der Waals surface area contributed by atoms with Crippen LogP contribution in [0.5, 0.6) is 5.75 Å². The average molecular weight is 409 g/mol. The molecule has 1 aliphatic heterocycles. The molecule has 2 aromatic rings. The van der Waals surface area contributed by atoms with Crippen LogP contribution in [0, 0.1) is 0 Å². The summed E-state index contributed by atoms with van der Waals surface area (Å²) < 4.78 is 5.56. The van der Waals surface area contributed by atoms with E-state index in [4.69, 9.17) is 4.74 Å². The van der Waals surface area contributed by atoms with Crippen LogP contribution < -0.4 is 10.1 Å². The number of ether oxygens (including phenoxy) is 1. The molecule has 158 valence electrons. The SMILES string of the molecule is COc1cccc(/C=C/C(=O)Nc2ccccc2C(=O)O)c1CN1CCN(C)CC1. The fourth-order valence-corrected chi connectivity index (χ4v) is 3.45. The number of carboxylic acid groups (broad SMARTS) is 1. The Hall–Kier alpha value is -3.16. The first-order valence-corrected chi connectivity index (χ1v) is 9.86. The largest absolute Gasteiger partial charge is 0.496 e. The lowest BCUT2D eigenvalue weighted by molar-refractivity contribution is -0.111. The minimum absolute atomic E-state index is 0.0522. The second-order valence-electron chi connectivity index (χ2n) is 7.28. The summed E-state index contributed by atoms with van der Waals surface area (Å²) in [5.74, 6) is -0.693. The first-order valence-electron chi connectivity index (χ1n) is 9.86. The number of rotatable bonds is 7. The van der Waals surface area contributed by atoms with E-state index in [1.807, 2.05) is 18.2 Å². The minimum atomic E-state index is -1.09. The predicted molar refractivity (Wildman–Crippen MR) is 117 cm³/mol. The molecule has 0 saturated carbocycles. The van der Waals surface area contributed by atoms with Crippen LogP contribution in [0.2, 0.25) is 0 Å². The molecule has 1 aliphatic rings. The maximum absolute atomic E-state index is 12.4. The van der Waals surface area contributed by atoms with E-state index in [9.17, 15) is 14.7 Å². The van der Waals surface area contributed by atoms with Gasteiger partial charge in [-0.15, -0.1) is 0 Å². The number of methoxy groups -OCH3 is 1. The van der Waals surface area contributed by atoms with Gasteiger partial charge in [-0.1, -0.05) is 24.3 Å². The second-order valence-corrected chi connectivity index (χ2v) is 7.28. The third kappa shape index (κ3) is 5.46. The fourth-order valence-electron chi connectivity index (χ4n) is 3.45. The monoisotopic (exact) mass is 409 g/mol. The van der Waals surface area contributed by atoms with Crippen LogP contribution in [0.1, 0.15) is 21.5 Å². The molecule has 0 radical (unpaired) electrons. The quantitative estimate of drug-likeness (QED) is 0.685. The van der Waals surface area contributed by atoms with Crippen LogP contribution in [0.4, 0.5) is 5.69 Å². The van der Waals surface area contributed by atoms with Gasteiger partial charge in [-0.25, -0.2) is 4.79 Å². The number of piperazine rings is 1. The Morgan fingerprint density at radius 2 is 1.83 bits per heavy atom. The zero-order valence-electron chi connectivity index (χ0n) is 17.3. The summed E-state index contributed by atoms with van der Waals surface area (Å²) >= 11 is 0. The molecule has 7 heteroatoms. The molecule has 2 aromatic carbocycles. The molecule has 0 unspecified atom stereocenters. The van der Waals surface area contributed by atoms with E-state index < -0.39 is 11.9 Å². The van der Waals surface area contributed by atoms with Crippen molar-refractivity contribution in [2.24, 2.45) is 0 Å². The van der Waals surface area contributed by atoms with Crippen molar-refractivity contribution in [3.05, 3.63) is 65.2 Å². The summed E-state index contributed by atoms with van der Waals surface area (Å²) in [6.45, 7) is 4.73. The normalized spacial score (nSPS) is 15.3. The first kappa shape index (κ1) is 21.5. The summed E-state index contributed by atoms with van der Waals surface area (Å²) in [4.78, 5) is 28.4. The Kier molecular flexibility index (Phi) is 7.21. The number of hydrogen-bond donors (Lipinski definition) is 2. The van der Waals surface area contributed by atoms with Gasteiger partial charge in [0.2, 0.25) is 5.91 Å². The van der Waals surface area contributed by atoms with Gasteiger partial charge in [-0.05, 0) is 36.9 Å². The Morgan fingerprint density at radius 3 is 2.53 bits per heavy atom. The van der Waals surface area contributed by atoms with Crippen molar-refractivity contribution in [1.82, 2.24) is 9.80 Å². The Morgan fingerprint density at radius 1 is 1.10 bits per heavy atom. The topological polar surface area (TPSA) is 82.1 Å². The van der Waals surface area contributed by atoms with Crippen LogP contribution in [0.3, 0.4) is 0 Å². The number of benzene rings is 2. The highest BCUT2D eigenvalue weighted by molar-refractivity contribution is 6.06. The smallest absolute Gasteiger partial charge is 0.337 e. The van der Waals surface area contributed by atoms with Gasteiger partial charge >= 0.3 is 5.97 Å². The molecule has 1 heterocycles. The zero-order chi connectivity index (χ0) is 21.5. The van der Waals surface area contributed by atoms with Crippen molar-refractivity contribution in [2.45, 2.75) is 6.54 Å². The van der Waals surface area contributed by atoms with Crippen molar-refractivity contribution in [1.29, 1.82) is 0 Å². The lowest BCUT2D eigenvalue weighted by atomic mass is 10.0. The Labute approximate surface area is 176 Å². The molecule has 30 heavy (non-hydrogen) atoms. The van der Waals surface area contributed by atoms with Crippen molar-refractivity contribution < 1.29 is 19.4 Å². The van der Waals surface area contributed by atoms with E-state index in [1.54, 1.807) is 31.4 Å². The summed E-state index contributed by atoms with van der Waals surface area (Å²) in [6.07, 6.45) is 3.16. The first-order chi connectivity index (χ1) is 14.5. The number of amides is 1. The van der Waals surface area contributed by atoms with Crippen molar-refractivity contribution >= 4 is 23.6 Å². The molecule has 0 aliphatic carbocycles. The number of aromatic carboxylic acids is 1. The highest BCUT2D eigenvalue weighted by Crippen LogP contribution is 2.26. The van der Waals surface area contributed by atoms with E-state index in [0.717, 1.165) is 49.6 Å². The van der Waals surface area contributed by atoms with Gasteiger partial charge in [-0.2, -0.15) is 0 Å². The molecule has 3 rings (SSSR count). The van der Waals surface area contributed by atoms with Crippen LogP contribution in [0.15, 0.2) is 48.5 Å². The number of nitrogens with zero attached hydrogens (tertiary/aromatic N) is 2. The summed E-state index contributed by atoms with van der Waals surface area (Å²) in [5.41, 5.74) is 2.24. The predicted octanol–water partition coefficient (Wildman–Crippen LogP) is 2.79. The molecule has 2 N–H and O–H groups in total. The molecular formula is C23H27N3O4. The Balaban J connectivity index is 1.76. The van der Waals surface area contributed by atoms with Gasteiger partial charge in [0.25, 0.3) is 0 Å². The van der Waals surface area contributed by atoms with Gasteiger partial charge in [0, 0.05) is 44.4 Å². The number of nitrogens with one attached hydrogen (secondary N) is 1. The minimum Gasteiger partial charge on any atom is -0.496 e. The van der Waals surface area contributed by atoms with Gasteiger partial charge in [-0.3, -0.25) is 9.69 Å². The summed E-state index contributed by atoms with van der Waals surface area (Å²) in [6, 6.07) is 12.1. The lowest BCUT2D eigenvalue weighted by Gasteiger charge is -2.33. The number of carbonyl (C=O) groups is 2. The lowest BCUT2D eigenvalue weighted by Crippen LogP contribution is -2.44. The maximum Gasteiger partial charge on any atom is 0.337 e. The van der Waals surface area contributed by atoms with Crippen LogP contribution >= 0.6 is 0 Å². The van der Waals surface area contributed by atoms with E-state index in [0.29, 0.717) is 0 Å². The molecule has 1 amide bonds. The number of carboxylic acids is 1. The van der Waals surface area contributed by atoms with Gasteiger partial charge in [0.05, 0.1) is 18.4 Å². The van der Waals surface area contributed by atoms with Crippen LogP contribution in [-0.4, -0.2) is 67.1 Å². The molecule has 1 fully saturated rings. The summed E-state index contributed by atoms with van der Waals surface area (Å²) in [7, 11) is 3.77. The van der Waals surface area contributed by atoms with Crippen LogP contribution in [-0.2, 0) is 11.3 Å².